The lowest BCUT2D eigenvalue weighted by Gasteiger charge is -2.26. The Balaban J connectivity index is 3.45. The van der Waals surface area contributed by atoms with E-state index in [4.69, 9.17) is 11.6 Å². The average molecular weight is 387 g/mol. The van der Waals surface area contributed by atoms with Gasteiger partial charge in [-0.15, -0.1) is 11.6 Å². The third-order valence-corrected chi connectivity index (χ3v) is 5.65. The highest BCUT2D eigenvalue weighted by molar-refractivity contribution is 9.10. The molecule has 0 bridgehead atoms. The molecule has 0 atom stereocenters. The van der Waals surface area contributed by atoms with Crippen LogP contribution < -0.4 is 0 Å². The van der Waals surface area contributed by atoms with Gasteiger partial charge in [-0.25, -0.2) is 12.8 Å². The molecule has 1 rings (SSSR count). The average Bonchev–Trinajstić information content (AvgIpc) is 2.37. The van der Waals surface area contributed by atoms with Gasteiger partial charge in [0.2, 0.25) is 10.0 Å². The highest BCUT2D eigenvalue weighted by atomic mass is 79.9. The van der Waals surface area contributed by atoms with Gasteiger partial charge in [-0.05, 0) is 32.4 Å². The fraction of sp³-hybridized carbons (Fsp3) is 0.538. The molecule has 7 heteroatoms. The molecule has 0 radical (unpaired) electrons. The fourth-order valence-corrected chi connectivity index (χ4v) is 4.62. The second kappa shape index (κ2) is 7.20. The zero-order valence-electron chi connectivity index (χ0n) is 11.7. The third kappa shape index (κ3) is 3.72. The number of hydrogen-bond donors (Lipinski definition) is 0. The summed E-state index contributed by atoms with van der Waals surface area (Å²) in [6.07, 6.45) is 0.662. The van der Waals surface area contributed by atoms with Crippen molar-refractivity contribution in [1.29, 1.82) is 0 Å². The fourth-order valence-electron chi connectivity index (χ4n) is 1.91. The maximum Gasteiger partial charge on any atom is 0.246 e. The lowest BCUT2D eigenvalue weighted by molar-refractivity contribution is 0.352. The van der Waals surface area contributed by atoms with E-state index in [9.17, 15) is 12.8 Å². The Hall–Kier alpha value is -0.170. The van der Waals surface area contributed by atoms with Gasteiger partial charge in [0.15, 0.2) is 0 Å². The van der Waals surface area contributed by atoms with Crippen LogP contribution in [0.3, 0.4) is 0 Å². The minimum Gasteiger partial charge on any atom is -0.207 e. The van der Waals surface area contributed by atoms with Crippen LogP contribution in [-0.2, 0) is 15.9 Å². The number of benzene rings is 1. The van der Waals surface area contributed by atoms with E-state index in [0.29, 0.717) is 17.4 Å². The Kier molecular flexibility index (Phi) is 6.44. The van der Waals surface area contributed by atoms with Gasteiger partial charge in [-0.3, -0.25) is 0 Å². The Labute approximate surface area is 133 Å². The molecule has 0 unspecified atom stereocenters. The number of nitrogens with zero attached hydrogens (tertiary/aromatic N) is 1. The molecule has 0 aliphatic heterocycles. The summed E-state index contributed by atoms with van der Waals surface area (Å²) >= 11 is 8.86. The second-order valence-corrected chi connectivity index (χ2v) is 7.76. The van der Waals surface area contributed by atoms with E-state index in [-0.39, 0.29) is 22.4 Å². The molecule has 0 N–H and O–H groups in total. The monoisotopic (exact) mass is 385 g/mol. The van der Waals surface area contributed by atoms with Crippen molar-refractivity contribution in [2.45, 2.75) is 44.0 Å². The van der Waals surface area contributed by atoms with Crippen LogP contribution >= 0.6 is 27.5 Å². The van der Waals surface area contributed by atoms with Gasteiger partial charge in [0.25, 0.3) is 0 Å². The van der Waals surface area contributed by atoms with E-state index in [1.54, 1.807) is 13.8 Å². The predicted molar refractivity (Wildman–Crippen MR) is 83.0 cm³/mol. The topological polar surface area (TPSA) is 37.4 Å². The maximum atomic E-state index is 14.3. The Morgan fingerprint density at radius 3 is 2.45 bits per heavy atom. The molecule has 1 aromatic carbocycles. The maximum absolute atomic E-state index is 14.3. The van der Waals surface area contributed by atoms with Crippen LogP contribution in [0.2, 0.25) is 0 Å². The first-order valence-electron chi connectivity index (χ1n) is 6.31. The van der Waals surface area contributed by atoms with Crippen LogP contribution in [0.1, 0.15) is 32.8 Å². The molecule has 1 aromatic rings. The Bertz CT molecular complexity index is 578. The molecular formula is C13H18BrClFNO2S. The zero-order chi connectivity index (χ0) is 15.5. The lowest BCUT2D eigenvalue weighted by Crippen LogP contribution is -2.38. The lowest BCUT2D eigenvalue weighted by atomic mass is 10.2. The first-order valence-corrected chi connectivity index (χ1v) is 9.08. The summed E-state index contributed by atoms with van der Waals surface area (Å²) in [5.74, 6) is -0.853. The van der Waals surface area contributed by atoms with E-state index in [2.05, 4.69) is 15.9 Å². The SMILES string of the molecule is CCCN(C(C)C)S(=O)(=O)c1cc(Br)cc(CCl)c1F. The van der Waals surface area contributed by atoms with E-state index in [1.165, 1.54) is 16.4 Å². The zero-order valence-corrected chi connectivity index (χ0v) is 14.8. The van der Waals surface area contributed by atoms with Crippen molar-refractivity contribution >= 4 is 37.6 Å². The molecule has 3 nitrogen and oxygen atoms in total. The van der Waals surface area contributed by atoms with Crippen molar-refractivity contribution < 1.29 is 12.8 Å². The van der Waals surface area contributed by atoms with E-state index in [0.717, 1.165) is 0 Å². The molecular weight excluding hydrogens is 369 g/mol. The van der Waals surface area contributed by atoms with Crippen molar-refractivity contribution in [2.75, 3.05) is 6.54 Å². The number of alkyl halides is 1. The van der Waals surface area contributed by atoms with Crippen molar-refractivity contribution in [2.24, 2.45) is 0 Å². The van der Waals surface area contributed by atoms with Crippen LogP contribution in [0.15, 0.2) is 21.5 Å². The van der Waals surface area contributed by atoms with Crippen LogP contribution in [0, 0.1) is 5.82 Å². The van der Waals surface area contributed by atoms with Gasteiger partial charge in [0.1, 0.15) is 10.7 Å². The molecule has 0 aliphatic rings. The van der Waals surface area contributed by atoms with Crippen LogP contribution in [0.25, 0.3) is 0 Å². The van der Waals surface area contributed by atoms with E-state index in [1.807, 2.05) is 6.92 Å². The number of halogens is 3. The van der Waals surface area contributed by atoms with Crippen molar-refractivity contribution in [3.05, 3.63) is 28.0 Å². The van der Waals surface area contributed by atoms with Crippen LogP contribution in [0.5, 0.6) is 0 Å². The normalized spacial score (nSPS) is 12.4. The van der Waals surface area contributed by atoms with Crippen molar-refractivity contribution in [3.63, 3.8) is 0 Å². The van der Waals surface area contributed by atoms with Gasteiger partial charge in [-0.2, -0.15) is 4.31 Å². The van der Waals surface area contributed by atoms with Gasteiger partial charge >= 0.3 is 0 Å². The van der Waals surface area contributed by atoms with Crippen LogP contribution in [-0.4, -0.2) is 25.3 Å². The molecule has 0 saturated heterocycles. The van der Waals surface area contributed by atoms with E-state index >= 15 is 0 Å². The van der Waals surface area contributed by atoms with Crippen LogP contribution in [0.4, 0.5) is 4.39 Å². The number of sulfonamides is 1. The molecule has 0 spiro atoms. The summed E-state index contributed by atoms with van der Waals surface area (Å²) in [5, 5.41) is 0. The predicted octanol–water partition coefficient (Wildman–Crippen LogP) is 4.14. The minimum absolute atomic E-state index is 0.0801. The minimum atomic E-state index is -3.88. The highest BCUT2D eigenvalue weighted by Gasteiger charge is 2.30. The molecule has 114 valence electrons. The Morgan fingerprint density at radius 2 is 2.00 bits per heavy atom. The third-order valence-electron chi connectivity index (χ3n) is 2.83. The van der Waals surface area contributed by atoms with Crippen molar-refractivity contribution in [3.8, 4) is 0 Å². The second-order valence-electron chi connectivity index (χ2n) is 4.72. The first-order chi connectivity index (χ1) is 9.25. The summed E-state index contributed by atoms with van der Waals surface area (Å²) in [6.45, 7) is 5.77. The first kappa shape index (κ1) is 17.9. The summed E-state index contributed by atoms with van der Waals surface area (Å²) in [5.41, 5.74) is 0.167. The Morgan fingerprint density at radius 1 is 1.40 bits per heavy atom. The smallest absolute Gasteiger partial charge is 0.207 e. The molecule has 0 aliphatic carbocycles. The molecule has 20 heavy (non-hydrogen) atoms. The quantitative estimate of drug-likeness (QED) is 0.689. The molecule has 0 heterocycles. The molecule has 0 fully saturated rings. The van der Waals surface area contributed by atoms with Gasteiger partial charge in [-0.1, -0.05) is 22.9 Å². The standard InChI is InChI=1S/C13H18BrClFNO2S/c1-4-5-17(9(2)3)20(18,19)12-7-11(14)6-10(8-15)13(12)16/h6-7,9H,4-5,8H2,1-3H3. The van der Waals surface area contributed by atoms with Gasteiger partial charge < -0.3 is 0 Å². The number of hydrogen-bond acceptors (Lipinski definition) is 2. The van der Waals surface area contributed by atoms with E-state index < -0.39 is 15.8 Å². The summed E-state index contributed by atoms with van der Waals surface area (Å²) in [7, 11) is -3.88. The van der Waals surface area contributed by atoms with Gasteiger partial charge in [0.05, 0.1) is 5.88 Å². The van der Waals surface area contributed by atoms with Gasteiger partial charge in [0, 0.05) is 22.6 Å². The molecule has 0 saturated carbocycles. The highest BCUT2D eigenvalue weighted by Crippen LogP contribution is 2.28. The molecule has 0 aromatic heterocycles. The molecule has 0 amide bonds. The van der Waals surface area contributed by atoms with Crippen molar-refractivity contribution in [1.82, 2.24) is 4.31 Å². The summed E-state index contributed by atoms with van der Waals surface area (Å²) in [6, 6.07) is 2.53. The number of rotatable bonds is 6. The summed E-state index contributed by atoms with van der Waals surface area (Å²) in [4.78, 5) is -0.329. The largest absolute Gasteiger partial charge is 0.246 e. The summed E-state index contributed by atoms with van der Waals surface area (Å²) < 4.78 is 41.4.